The molecule has 0 amide bonds. The van der Waals surface area contributed by atoms with Gasteiger partial charge in [-0.3, -0.25) is 16.0 Å². The van der Waals surface area contributed by atoms with Gasteiger partial charge in [0.1, 0.15) is 0 Å². The summed E-state index contributed by atoms with van der Waals surface area (Å²) in [5.41, 5.74) is 6.04. The molecule has 0 radical (unpaired) electrons. The lowest BCUT2D eigenvalue weighted by molar-refractivity contribution is 0.544. The molecule has 0 spiro atoms. The van der Waals surface area contributed by atoms with Gasteiger partial charge in [-0.2, -0.15) is 5.10 Å². The summed E-state index contributed by atoms with van der Waals surface area (Å²) >= 11 is 1.66. The van der Waals surface area contributed by atoms with E-state index in [1.807, 2.05) is 27.1 Å². The molecule has 0 aromatic carbocycles. The van der Waals surface area contributed by atoms with Gasteiger partial charge in [0.05, 0.1) is 22.4 Å². The molecule has 0 saturated heterocycles. The van der Waals surface area contributed by atoms with Crippen molar-refractivity contribution in [2.24, 2.45) is 12.9 Å². The Balaban J connectivity index is 2.19. The van der Waals surface area contributed by atoms with Crippen LogP contribution < -0.4 is 11.3 Å². The fourth-order valence-corrected chi connectivity index (χ4v) is 2.56. The molecule has 0 aliphatic carbocycles. The summed E-state index contributed by atoms with van der Waals surface area (Å²) in [6.07, 6.45) is 2.78. The molecule has 0 fully saturated rings. The van der Waals surface area contributed by atoms with Crippen LogP contribution in [0.25, 0.3) is 0 Å². The highest BCUT2D eigenvalue weighted by atomic mass is 32.1. The van der Waals surface area contributed by atoms with Gasteiger partial charge >= 0.3 is 0 Å². The van der Waals surface area contributed by atoms with E-state index in [0.29, 0.717) is 0 Å². The molecule has 1 atom stereocenters. The first-order valence-corrected chi connectivity index (χ1v) is 6.35. The van der Waals surface area contributed by atoms with Gasteiger partial charge in [-0.05, 0) is 13.8 Å². The lowest BCUT2D eigenvalue weighted by atomic mass is 10.0. The minimum absolute atomic E-state index is 0.0604. The zero-order chi connectivity index (χ0) is 12.4. The largest absolute Gasteiger partial charge is 0.275 e. The molecule has 0 bridgehead atoms. The summed E-state index contributed by atoms with van der Waals surface area (Å²) in [4.78, 5) is 4.46. The van der Waals surface area contributed by atoms with Crippen molar-refractivity contribution in [2.45, 2.75) is 26.3 Å². The predicted octanol–water partition coefficient (Wildman–Crippen LogP) is 1.24. The molecule has 2 aromatic heterocycles. The van der Waals surface area contributed by atoms with Crippen LogP contribution in [-0.2, 0) is 13.5 Å². The zero-order valence-corrected chi connectivity index (χ0v) is 11.1. The number of nitrogens with two attached hydrogens (primary N) is 1. The zero-order valence-electron chi connectivity index (χ0n) is 10.3. The Hall–Kier alpha value is -1.24. The lowest BCUT2D eigenvalue weighted by Crippen LogP contribution is -2.29. The maximum absolute atomic E-state index is 5.63. The van der Waals surface area contributed by atoms with Crippen LogP contribution in [0.3, 0.4) is 0 Å². The molecule has 2 heterocycles. The summed E-state index contributed by atoms with van der Waals surface area (Å²) in [5, 5.41) is 7.49. The molecule has 6 heteroatoms. The average molecular weight is 251 g/mol. The summed E-state index contributed by atoms with van der Waals surface area (Å²) in [7, 11) is 1.91. The van der Waals surface area contributed by atoms with Gasteiger partial charge in [0.15, 0.2) is 0 Å². The van der Waals surface area contributed by atoms with Crippen LogP contribution in [0, 0.1) is 13.8 Å². The summed E-state index contributed by atoms with van der Waals surface area (Å²) < 4.78 is 1.81. The van der Waals surface area contributed by atoms with Gasteiger partial charge in [-0.25, -0.2) is 4.98 Å². The number of aryl methyl sites for hydroxylation is 3. The third-order valence-electron chi connectivity index (χ3n) is 2.71. The number of hydrazine groups is 1. The normalized spacial score (nSPS) is 12.9. The van der Waals surface area contributed by atoms with Crippen molar-refractivity contribution in [1.82, 2.24) is 20.2 Å². The van der Waals surface area contributed by atoms with Gasteiger partial charge in [-0.1, -0.05) is 0 Å². The van der Waals surface area contributed by atoms with E-state index in [0.717, 1.165) is 28.4 Å². The second kappa shape index (κ2) is 4.95. The Morgan fingerprint density at radius 3 is 2.76 bits per heavy atom. The summed E-state index contributed by atoms with van der Waals surface area (Å²) in [6.45, 7) is 4.00. The lowest BCUT2D eigenvalue weighted by Gasteiger charge is -2.13. The Labute approximate surface area is 105 Å². The van der Waals surface area contributed by atoms with Crippen LogP contribution in [-0.4, -0.2) is 14.8 Å². The smallest absolute Gasteiger partial charge is 0.0897 e. The minimum atomic E-state index is 0.0604. The van der Waals surface area contributed by atoms with Gasteiger partial charge < -0.3 is 0 Å². The quantitative estimate of drug-likeness (QED) is 0.633. The molecule has 0 aliphatic heterocycles. The summed E-state index contributed by atoms with van der Waals surface area (Å²) in [6, 6.07) is 0.0604. The van der Waals surface area contributed by atoms with Crippen molar-refractivity contribution in [3.63, 3.8) is 0 Å². The number of aromatic nitrogens is 3. The van der Waals surface area contributed by atoms with Crippen LogP contribution >= 0.6 is 11.3 Å². The first kappa shape index (κ1) is 12.2. The van der Waals surface area contributed by atoms with Crippen molar-refractivity contribution in [2.75, 3.05) is 0 Å². The standard InChI is InChI=1S/C11H17N5S/c1-7-10(5-16(3)15-7)11(14-12)4-9-6-17-8(2)13-9/h5-6,11,14H,4,12H2,1-3H3. The SMILES string of the molecule is Cc1nc(CC(NN)c2cn(C)nc2C)cs1. The number of nitrogens with zero attached hydrogens (tertiary/aromatic N) is 3. The highest BCUT2D eigenvalue weighted by Crippen LogP contribution is 2.21. The molecular formula is C11H17N5S. The number of thiazole rings is 1. The second-order valence-electron chi connectivity index (χ2n) is 4.12. The number of nitrogens with one attached hydrogen (secondary N) is 1. The fraction of sp³-hybridized carbons (Fsp3) is 0.455. The Kier molecular flexibility index (Phi) is 3.56. The van der Waals surface area contributed by atoms with Crippen LogP contribution in [0.2, 0.25) is 0 Å². The monoisotopic (exact) mass is 251 g/mol. The van der Waals surface area contributed by atoms with Gasteiger partial charge in [0.2, 0.25) is 0 Å². The number of rotatable bonds is 4. The molecule has 5 nitrogen and oxygen atoms in total. The minimum Gasteiger partial charge on any atom is -0.275 e. The van der Waals surface area contributed by atoms with E-state index in [1.54, 1.807) is 16.0 Å². The maximum Gasteiger partial charge on any atom is 0.0897 e. The molecule has 1 unspecified atom stereocenters. The second-order valence-corrected chi connectivity index (χ2v) is 5.19. The van der Waals surface area contributed by atoms with Crippen molar-refractivity contribution < 1.29 is 0 Å². The van der Waals surface area contributed by atoms with Crippen molar-refractivity contribution in [3.05, 3.63) is 33.5 Å². The third kappa shape index (κ3) is 2.71. The van der Waals surface area contributed by atoms with Crippen molar-refractivity contribution >= 4 is 11.3 Å². The van der Waals surface area contributed by atoms with E-state index in [9.17, 15) is 0 Å². The Morgan fingerprint density at radius 2 is 2.29 bits per heavy atom. The molecule has 0 aliphatic rings. The van der Waals surface area contributed by atoms with Crippen LogP contribution in [0.4, 0.5) is 0 Å². The first-order valence-electron chi connectivity index (χ1n) is 5.47. The van der Waals surface area contributed by atoms with Crippen LogP contribution in [0.5, 0.6) is 0 Å². The van der Waals surface area contributed by atoms with E-state index in [2.05, 4.69) is 20.9 Å². The molecule has 3 N–H and O–H groups in total. The number of hydrogen-bond donors (Lipinski definition) is 2. The molecule has 2 aromatic rings. The van der Waals surface area contributed by atoms with Gasteiger partial charge in [-0.15, -0.1) is 11.3 Å². The highest BCUT2D eigenvalue weighted by molar-refractivity contribution is 7.09. The van der Waals surface area contributed by atoms with E-state index in [4.69, 9.17) is 5.84 Å². The topological polar surface area (TPSA) is 68.8 Å². The predicted molar refractivity (Wildman–Crippen MR) is 68.6 cm³/mol. The van der Waals surface area contributed by atoms with Gasteiger partial charge in [0.25, 0.3) is 0 Å². The fourth-order valence-electron chi connectivity index (χ4n) is 1.93. The van der Waals surface area contributed by atoms with E-state index in [1.165, 1.54) is 0 Å². The van der Waals surface area contributed by atoms with Crippen LogP contribution in [0.1, 0.15) is 28.0 Å². The highest BCUT2D eigenvalue weighted by Gasteiger charge is 2.16. The van der Waals surface area contributed by atoms with Gasteiger partial charge in [0, 0.05) is 30.6 Å². The van der Waals surface area contributed by atoms with Crippen molar-refractivity contribution in [3.8, 4) is 0 Å². The van der Waals surface area contributed by atoms with E-state index in [-0.39, 0.29) is 6.04 Å². The van der Waals surface area contributed by atoms with Crippen LogP contribution in [0.15, 0.2) is 11.6 Å². The molecular weight excluding hydrogens is 234 g/mol. The first-order chi connectivity index (χ1) is 8.10. The van der Waals surface area contributed by atoms with Crippen molar-refractivity contribution in [1.29, 1.82) is 0 Å². The Bertz CT molecular complexity index is 502. The molecule has 0 saturated carbocycles. The van der Waals surface area contributed by atoms with E-state index < -0.39 is 0 Å². The molecule has 92 valence electrons. The Morgan fingerprint density at radius 1 is 1.53 bits per heavy atom. The molecule has 17 heavy (non-hydrogen) atoms. The van der Waals surface area contributed by atoms with E-state index >= 15 is 0 Å². The number of hydrogen-bond acceptors (Lipinski definition) is 5. The average Bonchev–Trinajstić information content (AvgIpc) is 2.82. The maximum atomic E-state index is 5.63. The molecule has 2 rings (SSSR count). The third-order valence-corrected chi connectivity index (χ3v) is 3.53. The summed E-state index contributed by atoms with van der Waals surface area (Å²) in [5.74, 6) is 5.63.